The van der Waals surface area contributed by atoms with Gasteiger partial charge in [0.1, 0.15) is 0 Å². The SMILES string of the molecule is CC(CCCCl)NCc1ccsc1. The van der Waals surface area contributed by atoms with Gasteiger partial charge in [-0.3, -0.25) is 0 Å². The molecule has 3 heteroatoms. The Morgan fingerprint density at radius 2 is 2.46 bits per heavy atom. The third-order valence-corrected chi connectivity index (χ3v) is 3.00. The lowest BCUT2D eigenvalue weighted by Crippen LogP contribution is -2.25. The van der Waals surface area contributed by atoms with Gasteiger partial charge in [-0.15, -0.1) is 11.6 Å². The molecule has 1 rings (SSSR count). The van der Waals surface area contributed by atoms with Crippen molar-refractivity contribution in [3.63, 3.8) is 0 Å². The molecule has 0 aliphatic carbocycles. The Morgan fingerprint density at radius 3 is 3.08 bits per heavy atom. The number of hydrogen-bond donors (Lipinski definition) is 1. The minimum atomic E-state index is 0.568. The second-order valence-electron chi connectivity index (χ2n) is 3.24. The van der Waals surface area contributed by atoms with Gasteiger partial charge in [0.2, 0.25) is 0 Å². The summed E-state index contributed by atoms with van der Waals surface area (Å²) in [4.78, 5) is 0. The highest BCUT2D eigenvalue weighted by Gasteiger charge is 2.00. The summed E-state index contributed by atoms with van der Waals surface area (Å²) >= 11 is 7.37. The van der Waals surface area contributed by atoms with E-state index in [0.717, 1.165) is 25.3 Å². The van der Waals surface area contributed by atoms with E-state index < -0.39 is 0 Å². The fraction of sp³-hybridized carbons (Fsp3) is 0.600. The maximum Gasteiger partial charge on any atom is 0.0224 e. The van der Waals surface area contributed by atoms with E-state index in [9.17, 15) is 0 Å². The Balaban J connectivity index is 2.11. The molecule has 0 aliphatic rings. The van der Waals surface area contributed by atoms with Crippen LogP contribution in [0.1, 0.15) is 25.3 Å². The first-order valence-corrected chi connectivity index (χ1v) is 6.11. The lowest BCUT2D eigenvalue weighted by molar-refractivity contribution is 0.510. The molecular formula is C10H16ClNS. The van der Waals surface area contributed by atoms with Crippen molar-refractivity contribution in [1.82, 2.24) is 5.32 Å². The van der Waals surface area contributed by atoms with Crippen LogP contribution in [0.4, 0.5) is 0 Å². The Labute approximate surface area is 89.1 Å². The second-order valence-corrected chi connectivity index (χ2v) is 4.40. The lowest BCUT2D eigenvalue weighted by Gasteiger charge is -2.11. The average molecular weight is 218 g/mol. The van der Waals surface area contributed by atoms with Gasteiger partial charge in [0.25, 0.3) is 0 Å². The summed E-state index contributed by atoms with van der Waals surface area (Å²) in [6, 6.07) is 2.73. The molecule has 0 bridgehead atoms. The topological polar surface area (TPSA) is 12.0 Å². The Hall–Kier alpha value is -0.0500. The summed E-state index contributed by atoms with van der Waals surface area (Å²) in [7, 11) is 0. The monoisotopic (exact) mass is 217 g/mol. The van der Waals surface area contributed by atoms with Gasteiger partial charge < -0.3 is 5.32 Å². The lowest BCUT2D eigenvalue weighted by atomic mass is 10.2. The van der Waals surface area contributed by atoms with Gasteiger partial charge in [-0.2, -0.15) is 11.3 Å². The van der Waals surface area contributed by atoms with E-state index in [1.54, 1.807) is 11.3 Å². The quantitative estimate of drug-likeness (QED) is 0.722. The molecule has 1 unspecified atom stereocenters. The van der Waals surface area contributed by atoms with Crippen LogP contribution in [0.2, 0.25) is 0 Å². The largest absolute Gasteiger partial charge is 0.310 e. The van der Waals surface area contributed by atoms with Crippen LogP contribution in [0, 0.1) is 0 Å². The van der Waals surface area contributed by atoms with Crippen molar-refractivity contribution in [2.45, 2.75) is 32.4 Å². The highest BCUT2D eigenvalue weighted by atomic mass is 35.5. The zero-order chi connectivity index (χ0) is 9.52. The van der Waals surface area contributed by atoms with Crippen molar-refractivity contribution in [3.8, 4) is 0 Å². The van der Waals surface area contributed by atoms with Crippen LogP contribution < -0.4 is 5.32 Å². The van der Waals surface area contributed by atoms with E-state index in [1.165, 1.54) is 5.56 Å². The normalized spacial score (nSPS) is 13.1. The highest BCUT2D eigenvalue weighted by molar-refractivity contribution is 7.07. The average Bonchev–Trinajstić information content (AvgIpc) is 2.64. The Kier molecular flexibility index (Phi) is 5.44. The molecule has 1 nitrogen and oxygen atoms in total. The van der Waals surface area contributed by atoms with Crippen molar-refractivity contribution in [2.24, 2.45) is 0 Å². The molecule has 0 spiro atoms. The Bertz CT molecular complexity index is 211. The number of alkyl halides is 1. The molecule has 0 saturated heterocycles. The highest BCUT2D eigenvalue weighted by Crippen LogP contribution is 2.06. The van der Waals surface area contributed by atoms with Crippen molar-refractivity contribution >= 4 is 22.9 Å². The van der Waals surface area contributed by atoms with E-state index in [0.29, 0.717) is 6.04 Å². The van der Waals surface area contributed by atoms with Crippen molar-refractivity contribution < 1.29 is 0 Å². The summed E-state index contributed by atoms with van der Waals surface area (Å²) < 4.78 is 0. The molecular weight excluding hydrogens is 202 g/mol. The number of hydrogen-bond acceptors (Lipinski definition) is 2. The molecule has 1 aromatic rings. The molecule has 0 aliphatic heterocycles. The molecule has 1 aromatic heterocycles. The fourth-order valence-corrected chi connectivity index (χ4v) is 1.99. The van der Waals surface area contributed by atoms with E-state index >= 15 is 0 Å². The van der Waals surface area contributed by atoms with E-state index in [2.05, 4.69) is 29.1 Å². The molecule has 0 radical (unpaired) electrons. The predicted octanol–water partition coefficient (Wildman–Crippen LogP) is 3.25. The van der Waals surface area contributed by atoms with Crippen LogP contribution in [0.25, 0.3) is 0 Å². The maximum absolute atomic E-state index is 5.62. The summed E-state index contributed by atoms with van der Waals surface area (Å²) in [6.45, 7) is 3.19. The van der Waals surface area contributed by atoms with Crippen LogP contribution in [0.3, 0.4) is 0 Å². The zero-order valence-corrected chi connectivity index (χ0v) is 9.50. The molecule has 0 aromatic carbocycles. The first-order chi connectivity index (χ1) is 6.33. The van der Waals surface area contributed by atoms with Crippen molar-refractivity contribution in [2.75, 3.05) is 5.88 Å². The molecule has 13 heavy (non-hydrogen) atoms. The van der Waals surface area contributed by atoms with Crippen LogP contribution in [0.15, 0.2) is 16.8 Å². The summed E-state index contributed by atoms with van der Waals surface area (Å²) in [5.41, 5.74) is 1.38. The first-order valence-electron chi connectivity index (χ1n) is 4.63. The summed E-state index contributed by atoms with van der Waals surface area (Å²) in [6.07, 6.45) is 2.26. The molecule has 1 atom stereocenters. The van der Waals surface area contributed by atoms with Gasteiger partial charge in [-0.1, -0.05) is 0 Å². The fourth-order valence-electron chi connectivity index (χ4n) is 1.17. The summed E-state index contributed by atoms with van der Waals surface area (Å²) in [5.74, 6) is 0.768. The number of halogens is 1. The smallest absolute Gasteiger partial charge is 0.0224 e. The second kappa shape index (κ2) is 6.41. The molecule has 1 N–H and O–H groups in total. The van der Waals surface area contributed by atoms with Crippen LogP contribution in [-0.2, 0) is 6.54 Å². The van der Waals surface area contributed by atoms with E-state index in [1.807, 2.05) is 0 Å². The van der Waals surface area contributed by atoms with Crippen molar-refractivity contribution in [3.05, 3.63) is 22.4 Å². The minimum absolute atomic E-state index is 0.568. The Morgan fingerprint density at radius 1 is 1.62 bits per heavy atom. The van der Waals surface area contributed by atoms with Gasteiger partial charge in [-0.05, 0) is 42.2 Å². The standard InChI is InChI=1S/C10H16ClNS/c1-9(3-2-5-11)12-7-10-4-6-13-8-10/h4,6,8-9,12H,2-3,5,7H2,1H3. The zero-order valence-electron chi connectivity index (χ0n) is 7.92. The minimum Gasteiger partial charge on any atom is -0.310 e. The molecule has 1 heterocycles. The van der Waals surface area contributed by atoms with E-state index in [-0.39, 0.29) is 0 Å². The number of rotatable bonds is 6. The van der Waals surface area contributed by atoms with Gasteiger partial charge >= 0.3 is 0 Å². The molecule has 0 amide bonds. The predicted molar refractivity (Wildman–Crippen MR) is 60.6 cm³/mol. The first kappa shape index (κ1) is 11.0. The number of nitrogens with one attached hydrogen (secondary N) is 1. The third kappa shape index (κ3) is 4.65. The van der Waals surface area contributed by atoms with Crippen LogP contribution in [0.5, 0.6) is 0 Å². The van der Waals surface area contributed by atoms with Gasteiger partial charge in [-0.25, -0.2) is 0 Å². The molecule has 74 valence electrons. The molecule has 0 saturated carbocycles. The van der Waals surface area contributed by atoms with Gasteiger partial charge in [0, 0.05) is 18.5 Å². The van der Waals surface area contributed by atoms with Crippen LogP contribution in [-0.4, -0.2) is 11.9 Å². The molecule has 0 fully saturated rings. The van der Waals surface area contributed by atoms with Gasteiger partial charge in [0.05, 0.1) is 0 Å². The maximum atomic E-state index is 5.62. The van der Waals surface area contributed by atoms with Crippen LogP contribution >= 0.6 is 22.9 Å². The van der Waals surface area contributed by atoms with E-state index in [4.69, 9.17) is 11.6 Å². The van der Waals surface area contributed by atoms with Gasteiger partial charge in [0.15, 0.2) is 0 Å². The number of thiophene rings is 1. The third-order valence-electron chi connectivity index (χ3n) is 2.01. The van der Waals surface area contributed by atoms with Crippen molar-refractivity contribution in [1.29, 1.82) is 0 Å². The summed E-state index contributed by atoms with van der Waals surface area (Å²) in [5, 5.41) is 7.76.